The maximum Gasteiger partial charge on any atom is 0.222 e. The molecule has 0 bridgehead atoms. The van der Waals surface area contributed by atoms with Crippen molar-refractivity contribution in [1.82, 2.24) is 0 Å². The Hall–Kier alpha value is -0.0500. The van der Waals surface area contributed by atoms with Crippen LogP contribution in [0.5, 0.6) is 0 Å². The lowest BCUT2D eigenvalue weighted by atomic mass is 10.0. The highest BCUT2D eigenvalue weighted by Crippen LogP contribution is 2.40. The zero-order valence-electron chi connectivity index (χ0n) is 12.0. The topological polar surface area (TPSA) is 180 Å². The monoisotopic (exact) mass is 358 g/mol. The summed E-state index contributed by atoms with van der Waals surface area (Å²) in [5.41, 5.74) is -1.27. The van der Waals surface area contributed by atoms with Crippen LogP contribution in [0.1, 0.15) is 0 Å². The van der Waals surface area contributed by atoms with Gasteiger partial charge in [0.05, 0.1) is 24.6 Å². The van der Waals surface area contributed by atoms with Crippen LogP contribution in [0.3, 0.4) is 0 Å². The van der Waals surface area contributed by atoms with Crippen LogP contribution in [0, 0.1) is 0 Å². The van der Waals surface area contributed by atoms with E-state index in [4.69, 9.17) is 14.6 Å². The quantitative estimate of drug-likeness (QED) is 0.237. The second kappa shape index (κ2) is 7.45. The lowest BCUT2D eigenvalue weighted by Gasteiger charge is -2.42. The van der Waals surface area contributed by atoms with Crippen molar-refractivity contribution in [3.05, 3.63) is 0 Å². The van der Waals surface area contributed by atoms with E-state index in [1.54, 1.807) is 0 Å². The van der Waals surface area contributed by atoms with Crippen molar-refractivity contribution in [2.24, 2.45) is 0 Å². The van der Waals surface area contributed by atoms with Crippen LogP contribution in [-0.4, -0.2) is 114 Å². The van der Waals surface area contributed by atoms with E-state index in [0.29, 0.717) is 0 Å². The molecule has 0 aromatic carbocycles. The Bertz CT molecular complexity index is 398. The third kappa shape index (κ3) is 3.37. The molecule has 10 nitrogen and oxygen atoms in total. The fraction of sp³-hybridized carbons (Fsp3) is 1.00. The SMILES string of the molecule is OC[C@H]1O[C@@](CO)(O[C@H]2S[C@H](CO)[C@@H](O)[C@H](O)[C@H]2O)[C@@H](O)[C@@H]1O. The van der Waals surface area contributed by atoms with Crippen molar-refractivity contribution in [2.45, 2.75) is 53.1 Å². The Balaban J connectivity index is 2.18. The second-order valence-corrected chi connectivity index (χ2v) is 6.90. The third-order valence-corrected chi connectivity index (χ3v) is 5.49. The highest BCUT2D eigenvalue weighted by molar-refractivity contribution is 8.00. The molecule has 11 heteroatoms. The summed E-state index contributed by atoms with van der Waals surface area (Å²) >= 11 is 0.786. The van der Waals surface area contributed by atoms with E-state index in [-0.39, 0.29) is 0 Å². The van der Waals surface area contributed by atoms with Gasteiger partial charge in [-0.05, 0) is 0 Å². The highest BCUT2D eigenvalue weighted by Gasteiger charge is 2.58. The van der Waals surface area contributed by atoms with Crippen molar-refractivity contribution in [3.8, 4) is 0 Å². The molecule has 23 heavy (non-hydrogen) atoms. The molecular formula is C12H22O10S. The molecule has 9 atom stereocenters. The largest absolute Gasteiger partial charge is 0.395 e. The van der Waals surface area contributed by atoms with Gasteiger partial charge in [0.15, 0.2) is 0 Å². The summed E-state index contributed by atoms with van der Waals surface area (Å²) in [6.07, 6.45) is -9.05. The Kier molecular flexibility index (Phi) is 6.25. The van der Waals surface area contributed by atoms with E-state index in [9.17, 15) is 35.7 Å². The number of hydrogen-bond donors (Lipinski definition) is 8. The minimum Gasteiger partial charge on any atom is -0.395 e. The predicted octanol–water partition coefficient (Wildman–Crippen LogP) is -4.68. The number of aliphatic hydroxyl groups excluding tert-OH is 8. The minimum atomic E-state index is -2.12. The first-order valence-corrected chi connectivity index (χ1v) is 7.99. The number of aliphatic hydroxyl groups is 8. The molecular weight excluding hydrogens is 336 g/mol. The third-order valence-electron chi connectivity index (χ3n) is 4.07. The molecule has 8 N–H and O–H groups in total. The van der Waals surface area contributed by atoms with Crippen molar-refractivity contribution in [3.63, 3.8) is 0 Å². The zero-order valence-corrected chi connectivity index (χ0v) is 12.9. The molecule has 136 valence electrons. The number of thioether (sulfide) groups is 1. The Morgan fingerprint density at radius 3 is 2.00 bits per heavy atom. The van der Waals surface area contributed by atoms with Crippen molar-refractivity contribution < 1.29 is 50.3 Å². The van der Waals surface area contributed by atoms with Crippen LogP contribution in [0.25, 0.3) is 0 Å². The van der Waals surface area contributed by atoms with Gasteiger partial charge in [-0.1, -0.05) is 0 Å². The van der Waals surface area contributed by atoms with E-state index in [1.165, 1.54) is 0 Å². The molecule has 0 unspecified atom stereocenters. The van der Waals surface area contributed by atoms with Crippen LogP contribution in [0.15, 0.2) is 0 Å². The molecule has 2 rings (SSSR count). The fourth-order valence-electron chi connectivity index (χ4n) is 2.63. The summed E-state index contributed by atoms with van der Waals surface area (Å²) in [5.74, 6) is -2.12. The first-order valence-electron chi connectivity index (χ1n) is 7.05. The molecule has 2 saturated heterocycles. The zero-order chi connectivity index (χ0) is 17.4. The molecule has 0 amide bonds. The van der Waals surface area contributed by atoms with Gasteiger partial charge in [-0.2, -0.15) is 0 Å². The standard InChI is InChI=1S/C12H22O10S/c13-1-4-6(16)10(20)12(3-15,21-4)22-11-9(19)8(18)7(17)5(2-14)23-11/h4-11,13-20H,1-3H2/t4-,5-,6-,7-,8+,9-,10+,11+,12+/m1/s1. The summed E-state index contributed by atoms with van der Waals surface area (Å²) in [7, 11) is 0. The van der Waals surface area contributed by atoms with Gasteiger partial charge in [-0.15, -0.1) is 11.8 Å². The first kappa shape index (κ1) is 19.3. The average Bonchev–Trinajstić information content (AvgIpc) is 2.80. The van der Waals surface area contributed by atoms with Gasteiger partial charge < -0.3 is 50.3 Å². The molecule has 2 aliphatic rings. The molecule has 0 saturated carbocycles. The summed E-state index contributed by atoms with van der Waals surface area (Å²) < 4.78 is 10.6. The number of ether oxygens (including phenoxy) is 2. The van der Waals surface area contributed by atoms with Gasteiger partial charge in [-0.25, -0.2) is 0 Å². The van der Waals surface area contributed by atoms with Crippen LogP contribution < -0.4 is 0 Å². The summed E-state index contributed by atoms with van der Waals surface area (Å²) in [6.45, 7) is -2.04. The van der Waals surface area contributed by atoms with Gasteiger partial charge >= 0.3 is 0 Å². The van der Waals surface area contributed by atoms with Crippen LogP contribution in [-0.2, 0) is 9.47 Å². The number of hydrogen-bond acceptors (Lipinski definition) is 11. The van der Waals surface area contributed by atoms with Gasteiger partial charge in [-0.3, -0.25) is 0 Å². The summed E-state index contributed by atoms with van der Waals surface area (Å²) in [4.78, 5) is 0. The Labute approximate surface area is 135 Å². The maximum absolute atomic E-state index is 10.0. The van der Waals surface area contributed by atoms with E-state index >= 15 is 0 Å². The first-order chi connectivity index (χ1) is 10.8. The van der Waals surface area contributed by atoms with Gasteiger partial charge in [0.25, 0.3) is 0 Å². The second-order valence-electron chi connectivity index (χ2n) is 5.56. The molecule has 2 heterocycles. The van der Waals surface area contributed by atoms with E-state index < -0.39 is 72.9 Å². The normalized spacial score (nSPS) is 51.1. The average molecular weight is 358 g/mol. The Morgan fingerprint density at radius 2 is 1.52 bits per heavy atom. The lowest BCUT2D eigenvalue weighted by molar-refractivity contribution is -0.295. The Morgan fingerprint density at radius 1 is 0.870 bits per heavy atom. The van der Waals surface area contributed by atoms with Gasteiger partial charge in [0, 0.05) is 0 Å². The smallest absolute Gasteiger partial charge is 0.222 e. The van der Waals surface area contributed by atoms with Crippen LogP contribution in [0.4, 0.5) is 0 Å². The number of rotatable bonds is 5. The maximum atomic E-state index is 10.0. The van der Waals surface area contributed by atoms with Crippen LogP contribution >= 0.6 is 11.8 Å². The molecule has 2 fully saturated rings. The van der Waals surface area contributed by atoms with Crippen LogP contribution in [0.2, 0.25) is 0 Å². The van der Waals surface area contributed by atoms with Crippen molar-refractivity contribution in [2.75, 3.05) is 19.8 Å². The predicted molar refractivity (Wildman–Crippen MR) is 75.1 cm³/mol. The van der Waals surface area contributed by atoms with Gasteiger partial charge in [0.2, 0.25) is 5.79 Å². The van der Waals surface area contributed by atoms with E-state index in [0.717, 1.165) is 11.8 Å². The molecule has 0 aromatic heterocycles. The summed E-state index contributed by atoms with van der Waals surface area (Å²) in [5, 5.41) is 76.3. The lowest BCUT2D eigenvalue weighted by Crippen LogP contribution is -2.59. The van der Waals surface area contributed by atoms with E-state index in [2.05, 4.69) is 0 Å². The molecule has 0 spiro atoms. The molecule has 0 radical (unpaired) electrons. The molecule has 2 aliphatic heterocycles. The van der Waals surface area contributed by atoms with Gasteiger partial charge in [0.1, 0.15) is 42.6 Å². The van der Waals surface area contributed by atoms with E-state index in [1.807, 2.05) is 0 Å². The summed E-state index contributed by atoms with van der Waals surface area (Å²) in [6, 6.07) is 0. The fourth-order valence-corrected chi connectivity index (χ4v) is 3.92. The highest BCUT2D eigenvalue weighted by atomic mass is 32.2. The minimum absolute atomic E-state index is 0.507. The van der Waals surface area contributed by atoms with Crippen molar-refractivity contribution in [1.29, 1.82) is 0 Å². The molecule has 0 aromatic rings. The molecule has 0 aliphatic carbocycles. The van der Waals surface area contributed by atoms with Crippen molar-refractivity contribution >= 4 is 11.8 Å².